The van der Waals surface area contributed by atoms with Crippen molar-refractivity contribution in [1.82, 2.24) is 10.2 Å². The van der Waals surface area contributed by atoms with Gasteiger partial charge in [-0.05, 0) is 43.2 Å². The van der Waals surface area contributed by atoms with Gasteiger partial charge in [0.15, 0.2) is 5.76 Å². The molecule has 3 atom stereocenters. The monoisotopic (exact) mass is 332 g/mol. The third-order valence-corrected chi connectivity index (χ3v) is 5.63. The van der Waals surface area contributed by atoms with Gasteiger partial charge in [-0.2, -0.15) is 0 Å². The molecule has 0 radical (unpaired) electrons. The Morgan fingerprint density at radius 1 is 1.42 bits per heavy atom. The average molecular weight is 332 g/mol. The van der Waals surface area contributed by atoms with E-state index in [4.69, 9.17) is 9.15 Å². The Morgan fingerprint density at radius 2 is 2.21 bits per heavy atom. The lowest BCUT2D eigenvalue weighted by Gasteiger charge is -2.53. The molecule has 6 heteroatoms. The molecule has 1 aromatic rings. The van der Waals surface area contributed by atoms with E-state index in [1.165, 1.54) is 6.26 Å². The molecule has 1 saturated carbocycles. The lowest BCUT2D eigenvalue weighted by atomic mass is 9.82. The number of carbonyl (C=O) groups is 2. The molecule has 0 bridgehead atoms. The molecular formula is C18H24N2O4. The Labute approximate surface area is 141 Å². The van der Waals surface area contributed by atoms with Crippen molar-refractivity contribution in [1.29, 1.82) is 0 Å². The summed E-state index contributed by atoms with van der Waals surface area (Å²) >= 11 is 0. The predicted molar refractivity (Wildman–Crippen MR) is 86.3 cm³/mol. The van der Waals surface area contributed by atoms with E-state index in [1.807, 2.05) is 4.90 Å². The number of rotatable bonds is 4. The molecular weight excluding hydrogens is 308 g/mol. The summed E-state index contributed by atoms with van der Waals surface area (Å²) in [4.78, 5) is 26.0. The minimum absolute atomic E-state index is 0.130. The standard InChI is InChI=1S/C18H24N2O4/c1-12-7-14(12)17(22)20-10-18(11-20)5-4-13(9-24-18)8-19-16(21)15-3-2-6-23-15/h2-3,6,12-14H,4-5,7-11H2,1H3,(H,19,21)/t12-,13-,14-/m1/s1. The van der Waals surface area contributed by atoms with E-state index in [0.29, 0.717) is 36.7 Å². The number of nitrogens with one attached hydrogen (secondary N) is 1. The van der Waals surface area contributed by atoms with Gasteiger partial charge >= 0.3 is 0 Å². The zero-order chi connectivity index (χ0) is 16.7. The fourth-order valence-corrected chi connectivity index (χ4v) is 3.77. The van der Waals surface area contributed by atoms with E-state index in [0.717, 1.165) is 32.4 Å². The highest BCUT2D eigenvalue weighted by molar-refractivity contribution is 5.91. The molecule has 0 aromatic carbocycles. The summed E-state index contributed by atoms with van der Waals surface area (Å²) in [7, 11) is 0. The third kappa shape index (κ3) is 2.95. The average Bonchev–Trinajstić information content (AvgIpc) is 3.06. The number of amides is 2. The highest BCUT2D eigenvalue weighted by atomic mass is 16.5. The summed E-state index contributed by atoms with van der Waals surface area (Å²) in [5.41, 5.74) is -0.130. The molecule has 3 aliphatic rings. The van der Waals surface area contributed by atoms with Gasteiger partial charge in [-0.15, -0.1) is 0 Å². The maximum Gasteiger partial charge on any atom is 0.286 e. The fraction of sp³-hybridized carbons (Fsp3) is 0.667. The van der Waals surface area contributed by atoms with Gasteiger partial charge in [0.25, 0.3) is 5.91 Å². The summed E-state index contributed by atoms with van der Waals surface area (Å²) in [6.07, 6.45) is 4.51. The first-order chi connectivity index (χ1) is 11.6. The minimum atomic E-state index is -0.181. The third-order valence-electron chi connectivity index (χ3n) is 5.63. The van der Waals surface area contributed by atoms with E-state index < -0.39 is 0 Å². The Morgan fingerprint density at radius 3 is 2.79 bits per heavy atom. The van der Waals surface area contributed by atoms with Crippen LogP contribution in [0.4, 0.5) is 0 Å². The molecule has 2 amide bonds. The number of nitrogens with zero attached hydrogens (tertiary/aromatic N) is 1. The molecule has 1 spiro atoms. The minimum Gasteiger partial charge on any atom is -0.459 e. The van der Waals surface area contributed by atoms with Crippen molar-refractivity contribution in [3.05, 3.63) is 24.2 Å². The second-order valence-electron chi connectivity index (χ2n) is 7.60. The lowest BCUT2D eigenvalue weighted by molar-refractivity contribution is -0.189. The first kappa shape index (κ1) is 15.7. The van der Waals surface area contributed by atoms with Gasteiger partial charge in [0.05, 0.1) is 26.0 Å². The van der Waals surface area contributed by atoms with Crippen LogP contribution in [0, 0.1) is 17.8 Å². The van der Waals surface area contributed by atoms with Gasteiger partial charge in [-0.25, -0.2) is 0 Å². The largest absolute Gasteiger partial charge is 0.459 e. The molecule has 3 fully saturated rings. The van der Waals surface area contributed by atoms with E-state index in [9.17, 15) is 9.59 Å². The van der Waals surface area contributed by atoms with E-state index in [1.54, 1.807) is 12.1 Å². The molecule has 1 aliphatic carbocycles. The van der Waals surface area contributed by atoms with Crippen molar-refractivity contribution in [2.45, 2.75) is 31.8 Å². The van der Waals surface area contributed by atoms with Crippen LogP contribution < -0.4 is 5.32 Å². The highest BCUT2D eigenvalue weighted by Gasteiger charge is 2.52. The van der Waals surface area contributed by atoms with Crippen LogP contribution in [-0.4, -0.2) is 48.6 Å². The fourth-order valence-electron chi connectivity index (χ4n) is 3.77. The van der Waals surface area contributed by atoms with E-state index >= 15 is 0 Å². The van der Waals surface area contributed by atoms with Crippen LogP contribution >= 0.6 is 0 Å². The van der Waals surface area contributed by atoms with E-state index in [-0.39, 0.29) is 17.4 Å². The molecule has 24 heavy (non-hydrogen) atoms. The van der Waals surface area contributed by atoms with Crippen LogP contribution in [-0.2, 0) is 9.53 Å². The van der Waals surface area contributed by atoms with Gasteiger partial charge in [-0.3, -0.25) is 9.59 Å². The zero-order valence-corrected chi connectivity index (χ0v) is 14.0. The van der Waals surface area contributed by atoms with Crippen LogP contribution in [0.15, 0.2) is 22.8 Å². The van der Waals surface area contributed by atoms with Crippen LogP contribution in [0.25, 0.3) is 0 Å². The Hall–Kier alpha value is -1.82. The maximum atomic E-state index is 12.2. The lowest BCUT2D eigenvalue weighted by Crippen LogP contribution is -2.66. The van der Waals surface area contributed by atoms with Crippen molar-refractivity contribution in [3.63, 3.8) is 0 Å². The molecule has 6 nitrogen and oxygen atoms in total. The van der Waals surface area contributed by atoms with Crippen molar-refractivity contribution < 1.29 is 18.7 Å². The highest BCUT2D eigenvalue weighted by Crippen LogP contribution is 2.43. The van der Waals surface area contributed by atoms with Crippen molar-refractivity contribution in [2.24, 2.45) is 17.8 Å². The molecule has 2 aliphatic heterocycles. The van der Waals surface area contributed by atoms with Gasteiger partial charge in [-0.1, -0.05) is 6.92 Å². The number of likely N-dealkylation sites (tertiary alicyclic amines) is 1. The first-order valence-electron chi connectivity index (χ1n) is 8.81. The second kappa shape index (κ2) is 5.92. The topological polar surface area (TPSA) is 71.8 Å². The van der Waals surface area contributed by atoms with Crippen molar-refractivity contribution in [2.75, 3.05) is 26.2 Å². The predicted octanol–water partition coefficient (Wildman–Crippen LogP) is 1.67. The van der Waals surface area contributed by atoms with Crippen molar-refractivity contribution >= 4 is 11.8 Å². The van der Waals surface area contributed by atoms with Gasteiger partial charge < -0.3 is 19.4 Å². The molecule has 4 rings (SSSR count). The smallest absolute Gasteiger partial charge is 0.286 e. The SMILES string of the molecule is C[C@@H]1C[C@H]1C(=O)N1CC2(CC[C@H](CNC(=O)c3ccco3)CO2)C1. The number of carbonyl (C=O) groups excluding carboxylic acids is 2. The van der Waals surface area contributed by atoms with Crippen LogP contribution in [0.2, 0.25) is 0 Å². The number of hydrogen-bond acceptors (Lipinski definition) is 4. The summed E-state index contributed by atoms with van der Waals surface area (Å²) in [5, 5.41) is 2.90. The number of hydrogen-bond donors (Lipinski definition) is 1. The molecule has 3 heterocycles. The Bertz CT molecular complexity index is 611. The van der Waals surface area contributed by atoms with Crippen LogP contribution in [0.5, 0.6) is 0 Å². The summed E-state index contributed by atoms with van der Waals surface area (Å²) in [6, 6.07) is 3.36. The van der Waals surface area contributed by atoms with Gasteiger partial charge in [0.1, 0.15) is 5.60 Å². The number of furan rings is 1. The van der Waals surface area contributed by atoms with Crippen LogP contribution in [0.3, 0.4) is 0 Å². The normalized spacial score (nSPS) is 30.7. The zero-order valence-electron chi connectivity index (χ0n) is 14.0. The first-order valence-corrected chi connectivity index (χ1v) is 8.81. The number of ether oxygens (including phenoxy) is 1. The Balaban J connectivity index is 1.19. The molecule has 1 N–H and O–H groups in total. The molecule has 1 aromatic heterocycles. The summed E-state index contributed by atoms with van der Waals surface area (Å²) < 4.78 is 11.2. The van der Waals surface area contributed by atoms with Crippen molar-refractivity contribution in [3.8, 4) is 0 Å². The quantitative estimate of drug-likeness (QED) is 0.910. The molecule has 130 valence electrons. The Kier molecular flexibility index (Phi) is 3.87. The summed E-state index contributed by atoms with van der Waals surface area (Å²) in [5.74, 6) is 1.61. The van der Waals surface area contributed by atoms with Gasteiger partial charge in [0, 0.05) is 12.5 Å². The molecule has 0 unspecified atom stereocenters. The van der Waals surface area contributed by atoms with Gasteiger partial charge in [0.2, 0.25) is 5.91 Å². The van der Waals surface area contributed by atoms with E-state index in [2.05, 4.69) is 12.2 Å². The summed E-state index contributed by atoms with van der Waals surface area (Å²) in [6.45, 7) is 4.84. The van der Waals surface area contributed by atoms with Crippen LogP contribution in [0.1, 0.15) is 36.7 Å². The second-order valence-corrected chi connectivity index (χ2v) is 7.60. The maximum absolute atomic E-state index is 12.2. The molecule has 2 saturated heterocycles.